The van der Waals surface area contributed by atoms with Crippen molar-refractivity contribution < 1.29 is 9.84 Å². The zero-order valence-electron chi connectivity index (χ0n) is 9.48. The topological polar surface area (TPSA) is 41.5 Å². The third-order valence-electron chi connectivity index (χ3n) is 2.89. The predicted octanol–water partition coefficient (Wildman–Crippen LogP) is 1.35. The molecule has 1 aromatic carbocycles. The summed E-state index contributed by atoms with van der Waals surface area (Å²) in [5, 5.41) is 12.2. The molecule has 0 bridgehead atoms. The Hall–Kier alpha value is -1.06. The third-order valence-corrected chi connectivity index (χ3v) is 2.89. The first-order valence-corrected chi connectivity index (χ1v) is 5.95. The number of nitrogens with one attached hydrogen (secondary N) is 1. The van der Waals surface area contributed by atoms with Crippen LogP contribution in [-0.4, -0.2) is 30.9 Å². The minimum absolute atomic E-state index is 0.191. The summed E-state index contributed by atoms with van der Waals surface area (Å²) in [6, 6.07) is 8.02. The Balaban J connectivity index is 1.94. The molecule has 1 aliphatic rings. The highest BCUT2D eigenvalue weighted by Crippen LogP contribution is 2.18. The van der Waals surface area contributed by atoms with Crippen LogP contribution in [0, 0.1) is 0 Å². The summed E-state index contributed by atoms with van der Waals surface area (Å²) in [6.45, 7) is 2.28. The highest BCUT2D eigenvalue weighted by molar-refractivity contribution is 5.28. The van der Waals surface area contributed by atoms with Gasteiger partial charge in [-0.05, 0) is 50.0 Å². The van der Waals surface area contributed by atoms with Crippen LogP contribution in [0.1, 0.15) is 18.4 Å². The standard InChI is InChI=1S/C13H19NO2/c15-9-6-11-2-1-3-13(10-11)16-12-4-7-14-8-5-12/h1-3,10,12,14-15H,4-9H2. The SMILES string of the molecule is OCCc1cccc(OC2CCNCC2)c1. The van der Waals surface area contributed by atoms with E-state index in [0.717, 1.165) is 37.2 Å². The Morgan fingerprint density at radius 1 is 1.31 bits per heavy atom. The van der Waals surface area contributed by atoms with Crippen molar-refractivity contribution in [3.05, 3.63) is 29.8 Å². The lowest BCUT2D eigenvalue weighted by molar-refractivity contribution is 0.162. The van der Waals surface area contributed by atoms with Crippen molar-refractivity contribution in [2.45, 2.75) is 25.4 Å². The van der Waals surface area contributed by atoms with Gasteiger partial charge < -0.3 is 15.2 Å². The van der Waals surface area contributed by atoms with Crippen molar-refractivity contribution in [1.82, 2.24) is 5.32 Å². The molecule has 0 atom stereocenters. The number of piperidine rings is 1. The molecule has 2 rings (SSSR count). The van der Waals surface area contributed by atoms with E-state index in [1.807, 2.05) is 24.3 Å². The maximum absolute atomic E-state index is 8.88. The first-order chi connectivity index (χ1) is 7.88. The highest BCUT2D eigenvalue weighted by atomic mass is 16.5. The molecule has 0 amide bonds. The summed E-state index contributed by atoms with van der Waals surface area (Å²) in [5.41, 5.74) is 1.13. The summed E-state index contributed by atoms with van der Waals surface area (Å²) in [5.74, 6) is 0.929. The molecule has 0 aliphatic carbocycles. The first kappa shape index (κ1) is 11.4. The molecular formula is C13H19NO2. The van der Waals surface area contributed by atoms with Crippen molar-refractivity contribution in [1.29, 1.82) is 0 Å². The second-order valence-electron chi connectivity index (χ2n) is 4.19. The van der Waals surface area contributed by atoms with E-state index in [0.29, 0.717) is 12.5 Å². The Morgan fingerprint density at radius 2 is 2.12 bits per heavy atom. The fraction of sp³-hybridized carbons (Fsp3) is 0.538. The summed E-state index contributed by atoms with van der Waals surface area (Å²) >= 11 is 0. The summed E-state index contributed by atoms with van der Waals surface area (Å²) < 4.78 is 5.92. The first-order valence-electron chi connectivity index (χ1n) is 5.95. The van der Waals surface area contributed by atoms with Crippen LogP contribution in [-0.2, 0) is 6.42 Å². The van der Waals surface area contributed by atoms with Gasteiger partial charge in [-0.3, -0.25) is 0 Å². The Bertz CT molecular complexity index is 321. The zero-order valence-corrected chi connectivity index (χ0v) is 9.48. The second-order valence-corrected chi connectivity index (χ2v) is 4.19. The van der Waals surface area contributed by atoms with E-state index in [-0.39, 0.29) is 6.61 Å². The van der Waals surface area contributed by atoms with Gasteiger partial charge in [0.2, 0.25) is 0 Å². The van der Waals surface area contributed by atoms with Gasteiger partial charge >= 0.3 is 0 Å². The maximum Gasteiger partial charge on any atom is 0.119 e. The average molecular weight is 221 g/mol. The van der Waals surface area contributed by atoms with Gasteiger partial charge in [0.15, 0.2) is 0 Å². The highest BCUT2D eigenvalue weighted by Gasteiger charge is 2.14. The van der Waals surface area contributed by atoms with Crippen LogP contribution in [0.2, 0.25) is 0 Å². The lowest BCUT2D eigenvalue weighted by Gasteiger charge is -2.24. The predicted molar refractivity (Wildman–Crippen MR) is 63.8 cm³/mol. The minimum atomic E-state index is 0.191. The molecule has 1 saturated heterocycles. The summed E-state index contributed by atoms with van der Waals surface area (Å²) in [7, 11) is 0. The zero-order chi connectivity index (χ0) is 11.2. The number of rotatable bonds is 4. The Kier molecular flexibility index (Phi) is 4.19. The average Bonchev–Trinajstić information content (AvgIpc) is 2.31. The lowest BCUT2D eigenvalue weighted by atomic mass is 10.1. The van der Waals surface area contributed by atoms with E-state index in [4.69, 9.17) is 9.84 Å². The van der Waals surface area contributed by atoms with Crippen molar-refractivity contribution in [2.75, 3.05) is 19.7 Å². The van der Waals surface area contributed by atoms with Crippen LogP contribution >= 0.6 is 0 Å². The Labute approximate surface area is 96.4 Å². The van der Waals surface area contributed by atoms with E-state index < -0.39 is 0 Å². The van der Waals surface area contributed by atoms with E-state index in [2.05, 4.69) is 5.32 Å². The van der Waals surface area contributed by atoms with Crippen LogP contribution in [0.25, 0.3) is 0 Å². The number of hydrogen-bond acceptors (Lipinski definition) is 3. The fourth-order valence-corrected chi connectivity index (χ4v) is 2.01. The van der Waals surface area contributed by atoms with Crippen molar-refractivity contribution in [3.8, 4) is 5.75 Å². The molecule has 0 radical (unpaired) electrons. The van der Waals surface area contributed by atoms with Crippen LogP contribution in [0.4, 0.5) is 0 Å². The molecule has 1 heterocycles. The fourth-order valence-electron chi connectivity index (χ4n) is 2.01. The molecule has 0 aromatic heterocycles. The molecule has 2 N–H and O–H groups in total. The molecule has 0 saturated carbocycles. The lowest BCUT2D eigenvalue weighted by Crippen LogP contribution is -2.34. The largest absolute Gasteiger partial charge is 0.490 e. The van der Waals surface area contributed by atoms with Crippen LogP contribution < -0.4 is 10.1 Å². The maximum atomic E-state index is 8.88. The third kappa shape index (κ3) is 3.22. The minimum Gasteiger partial charge on any atom is -0.490 e. The number of aliphatic hydroxyl groups excluding tert-OH is 1. The van der Waals surface area contributed by atoms with E-state index in [9.17, 15) is 0 Å². The van der Waals surface area contributed by atoms with Gasteiger partial charge in [-0.1, -0.05) is 12.1 Å². The summed E-state index contributed by atoms with van der Waals surface area (Å²) in [6.07, 6.45) is 3.18. The van der Waals surface area contributed by atoms with Crippen LogP contribution in [0.15, 0.2) is 24.3 Å². The normalized spacial score (nSPS) is 17.3. The molecule has 3 nitrogen and oxygen atoms in total. The van der Waals surface area contributed by atoms with Gasteiger partial charge in [-0.15, -0.1) is 0 Å². The van der Waals surface area contributed by atoms with Gasteiger partial charge in [0.25, 0.3) is 0 Å². The van der Waals surface area contributed by atoms with Crippen molar-refractivity contribution in [2.24, 2.45) is 0 Å². The molecule has 16 heavy (non-hydrogen) atoms. The van der Waals surface area contributed by atoms with Gasteiger partial charge in [-0.25, -0.2) is 0 Å². The van der Waals surface area contributed by atoms with Crippen molar-refractivity contribution >= 4 is 0 Å². The van der Waals surface area contributed by atoms with Gasteiger partial charge in [0.1, 0.15) is 11.9 Å². The van der Waals surface area contributed by atoms with Gasteiger partial charge in [0, 0.05) is 6.61 Å². The number of ether oxygens (including phenoxy) is 1. The molecule has 3 heteroatoms. The van der Waals surface area contributed by atoms with E-state index >= 15 is 0 Å². The number of hydrogen-bond donors (Lipinski definition) is 2. The molecule has 1 aromatic rings. The molecular weight excluding hydrogens is 202 g/mol. The smallest absolute Gasteiger partial charge is 0.119 e. The monoisotopic (exact) mass is 221 g/mol. The molecule has 1 aliphatic heterocycles. The number of aliphatic hydroxyl groups is 1. The van der Waals surface area contributed by atoms with Gasteiger partial charge in [-0.2, -0.15) is 0 Å². The summed E-state index contributed by atoms with van der Waals surface area (Å²) in [4.78, 5) is 0. The van der Waals surface area contributed by atoms with Crippen LogP contribution in [0.5, 0.6) is 5.75 Å². The molecule has 88 valence electrons. The molecule has 0 unspecified atom stereocenters. The van der Waals surface area contributed by atoms with Crippen LogP contribution in [0.3, 0.4) is 0 Å². The molecule has 1 fully saturated rings. The number of benzene rings is 1. The van der Waals surface area contributed by atoms with E-state index in [1.165, 1.54) is 0 Å². The second kappa shape index (κ2) is 5.87. The Morgan fingerprint density at radius 3 is 2.88 bits per heavy atom. The quantitative estimate of drug-likeness (QED) is 0.806. The van der Waals surface area contributed by atoms with E-state index in [1.54, 1.807) is 0 Å². The van der Waals surface area contributed by atoms with Crippen molar-refractivity contribution in [3.63, 3.8) is 0 Å². The van der Waals surface area contributed by atoms with Gasteiger partial charge in [0.05, 0.1) is 0 Å². The molecule has 0 spiro atoms.